The molecule has 0 aliphatic heterocycles. The van der Waals surface area contributed by atoms with Crippen molar-refractivity contribution in [1.82, 2.24) is 0 Å². The van der Waals surface area contributed by atoms with Gasteiger partial charge in [-0.3, -0.25) is 9.59 Å². The highest BCUT2D eigenvalue weighted by Crippen LogP contribution is 2.08. The van der Waals surface area contributed by atoms with Gasteiger partial charge in [0.15, 0.2) is 6.29 Å². The van der Waals surface area contributed by atoms with Crippen LogP contribution in [0.4, 0.5) is 0 Å². The summed E-state index contributed by atoms with van der Waals surface area (Å²) in [4.78, 5) is 21.8. The Kier molecular flexibility index (Phi) is 13.1. The fourth-order valence-corrected chi connectivity index (χ4v) is 1.83. The molecule has 0 aliphatic rings. The van der Waals surface area contributed by atoms with Crippen molar-refractivity contribution in [3.8, 4) is 0 Å². The highest BCUT2D eigenvalue weighted by Gasteiger charge is 2.11. The first-order chi connectivity index (χ1) is 10.1. The predicted molar refractivity (Wildman–Crippen MR) is 78.0 cm³/mol. The van der Waals surface area contributed by atoms with E-state index in [-0.39, 0.29) is 19.0 Å². The minimum Gasteiger partial charge on any atom is -0.481 e. The zero-order valence-electron chi connectivity index (χ0n) is 13.1. The molecule has 0 saturated carbocycles. The number of carboxylic acids is 1. The minimum absolute atomic E-state index is 0.124. The summed E-state index contributed by atoms with van der Waals surface area (Å²) in [6.45, 7) is 4.87. The molecule has 0 heterocycles. The van der Waals surface area contributed by atoms with E-state index in [1.165, 1.54) is 0 Å². The van der Waals surface area contributed by atoms with Crippen LogP contribution in [-0.2, 0) is 23.8 Å². The first kappa shape index (κ1) is 19.9. The molecule has 0 atom stereocenters. The maximum atomic E-state index is 11.5. The number of unbranched alkanes of at least 4 members (excludes halogenated alkanes) is 4. The summed E-state index contributed by atoms with van der Waals surface area (Å²) in [6, 6.07) is 0. The van der Waals surface area contributed by atoms with E-state index in [1.807, 2.05) is 13.8 Å². The van der Waals surface area contributed by atoms with Crippen LogP contribution in [0.25, 0.3) is 0 Å². The average Bonchev–Trinajstić information content (AvgIpc) is 2.44. The van der Waals surface area contributed by atoms with Gasteiger partial charge >= 0.3 is 11.9 Å². The Morgan fingerprint density at radius 2 is 1.43 bits per heavy atom. The van der Waals surface area contributed by atoms with Gasteiger partial charge in [0.25, 0.3) is 0 Å². The van der Waals surface area contributed by atoms with Crippen molar-refractivity contribution in [3.63, 3.8) is 0 Å². The quantitative estimate of drug-likeness (QED) is 0.302. The minimum atomic E-state index is -0.753. The van der Waals surface area contributed by atoms with Crippen LogP contribution in [0.1, 0.15) is 58.8 Å². The molecule has 6 nitrogen and oxygen atoms in total. The third-order valence-electron chi connectivity index (χ3n) is 2.86. The number of carboxylic acid groups (broad SMARTS) is 1. The van der Waals surface area contributed by atoms with Gasteiger partial charge in [0, 0.05) is 26.1 Å². The monoisotopic (exact) mass is 304 g/mol. The molecule has 6 heteroatoms. The van der Waals surface area contributed by atoms with Crippen LogP contribution >= 0.6 is 0 Å². The van der Waals surface area contributed by atoms with E-state index < -0.39 is 12.3 Å². The number of hydrogen-bond acceptors (Lipinski definition) is 5. The normalized spacial score (nSPS) is 10.8. The SMILES string of the molecule is CCOC(COC(=O)CCCCCCCC(=O)O)OCC. The van der Waals surface area contributed by atoms with E-state index in [0.717, 1.165) is 25.7 Å². The molecular formula is C15H28O6. The summed E-state index contributed by atoms with van der Waals surface area (Å²) in [7, 11) is 0. The zero-order valence-corrected chi connectivity index (χ0v) is 13.1. The molecule has 0 aromatic rings. The Hall–Kier alpha value is -1.14. The summed E-state index contributed by atoms with van der Waals surface area (Å²) in [5.41, 5.74) is 0. The Morgan fingerprint density at radius 3 is 1.95 bits per heavy atom. The topological polar surface area (TPSA) is 82.1 Å². The number of esters is 1. The molecule has 1 N–H and O–H groups in total. The Bertz CT molecular complexity index is 273. The van der Waals surface area contributed by atoms with Gasteiger partial charge in [-0.05, 0) is 26.7 Å². The summed E-state index contributed by atoms with van der Waals surface area (Å²) in [5.74, 6) is -0.998. The first-order valence-corrected chi connectivity index (χ1v) is 7.70. The van der Waals surface area contributed by atoms with Crippen molar-refractivity contribution in [2.45, 2.75) is 65.1 Å². The summed E-state index contributed by atoms with van der Waals surface area (Å²) < 4.78 is 15.7. The highest BCUT2D eigenvalue weighted by atomic mass is 16.7. The third-order valence-corrected chi connectivity index (χ3v) is 2.86. The molecule has 0 aliphatic carbocycles. The number of ether oxygens (including phenoxy) is 3. The van der Waals surface area contributed by atoms with Crippen LogP contribution in [0.2, 0.25) is 0 Å². The maximum Gasteiger partial charge on any atom is 0.305 e. The largest absolute Gasteiger partial charge is 0.481 e. The van der Waals surface area contributed by atoms with Crippen molar-refractivity contribution in [1.29, 1.82) is 0 Å². The summed E-state index contributed by atoms with van der Waals surface area (Å²) >= 11 is 0. The van der Waals surface area contributed by atoms with Crippen LogP contribution in [0.5, 0.6) is 0 Å². The second-order valence-electron chi connectivity index (χ2n) is 4.68. The van der Waals surface area contributed by atoms with Gasteiger partial charge in [-0.1, -0.05) is 19.3 Å². The number of rotatable bonds is 14. The standard InChI is InChI=1S/C15H28O6/c1-3-19-15(20-4-2)12-21-14(18)11-9-7-5-6-8-10-13(16)17/h15H,3-12H2,1-2H3,(H,16,17). The van der Waals surface area contributed by atoms with Gasteiger partial charge in [-0.15, -0.1) is 0 Å². The van der Waals surface area contributed by atoms with Crippen molar-refractivity contribution in [2.75, 3.05) is 19.8 Å². The number of carbonyl (C=O) groups excluding carboxylic acids is 1. The number of aliphatic carboxylic acids is 1. The Labute approximate surface area is 126 Å². The molecule has 0 aromatic carbocycles. The van der Waals surface area contributed by atoms with E-state index in [2.05, 4.69) is 0 Å². The van der Waals surface area contributed by atoms with Crippen molar-refractivity contribution in [2.24, 2.45) is 0 Å². The maximum absolute atomic E-state index is 11.5. The lowest BCUT2D eigenvalue weighted by atomic mass is 10.1. The molecule has 0 bridgehead atoms. The lowest BCUT2D eigenvalue weighted by molar-refractivity contribution is -0.179. The average molecular weight is 304 g/mol. The Balaban J connectivity index is 3.50. The first-order valence-electron chi connectivity index (χ1n) is 7.70. The third kappa shape index (κ3) is 13.6. The second-order valence-corrected chi connectivity index (χ2v) is 4.68. The molecule has 124 valence electrons. The van der Waals surface area contributed by atoms with Gasteiger partial charge < -0.3 is 19.3 Å². The second kappa shape index (κ2) is 13.8. The molecule has 21 heavy (non-hydrogen) atoms. The van der Waals surface area contributed by atoms with E-state index >= 15 is 0 Å². The van der Waals surface area contributed by atoms with Crippen LogP contribution < -0.4 is 0 Å². The van der Waals surface area contributed by atoms with E-state index in [1.54, 1.807) is 0 Å². The lowest BCUT2D eigenvalue weighted by Gasteiger charge is -2.16. The number of carbonyl (C=O) groups is 2. The lowest BCUT2D eigenvalue weighted by Crippen LogP contribution is -2.25. The van der Waals surface area contributed by atoms with Crippen molar-refractivity contribution >= 4 is 11.9 Å². The molecule has 0 saturated heterocycles. The summed E-state index contributed by atoms with van der Waals surface area (Å²) in [6.07, 6.45) is 4.32. The molecule has 0 unspecified atom stereocenters. The highest BCUT2D eigenvalue weighted by molar-refractivity contribution is 5.69. The molecule has 0 aromatic heterocycles. The fraction of sp³-hybridized carbons (Fsp3) is 0.867. The zero-order chi connectivity index (χ0) is 15.9. The van der Waals surface area contributed by atoms with Crippen LogP contribution in [0, 0.1) is 0 Å². The van der Waals surface area contributed by atoms with Gasteiger partial charge in [0.1, 0.15) is 6.61 Å². The number of hydrogen-bond donors (Lipinski definition) is 1. The van der Waals surface area contributed by atoms with Gasteiger partial charge in [-0.2, -0.15) is 0 Å². The Morgan fingerprint density at radius 1 is 0.905 bits per heavy atom. The van der Waals surface area contributed by atoms with Gasteiger partial charge in [0.05, 0.1) is 0 Å². The molecular weight excluding hydrogens is 276 g/mol. The smallest absolute Gasteiger partial charge is 0.305 e. The van der Waals surface area contributed by atoms with E-state index in [4.69, 9.17) is 19.3 Å². The van der Waals surface area contributed by atoms with Gasteiger partial charge in [0.2, 0.25) is 0 Å². The molecule has 0 fully saturated rings. The molecule has 0 amide bonds. The molecule has 0 spiro atoms. The van der Waals surface area contributed by atoms with Crippen LogP contribution in [0.15, 0.2) is 0 Å². The van der Waals surface area contributed by atoms with Crippen molar-refractivity contribution in [3.05, 3.63) is 0 Å². The molecule has 0 rings (SSSR count). The van der Waals surface area contributed by atoms with Crippen LogP contribution in [-0.4, -0.2) is 43.2 Å². The summed E-state index contributed by atoms with van der Waals surface area (Å²) in [5, 5.41) is 8.49. The fourth-order valence-electron chi connectivity index (χ4n) is 1.83. The van der Waals surface area contributed by atoms with Gasteiger partial charge in [-0.25, -0.2) is 0 Å². The predicted octanol–water partition coefficient (Wildman–Crippen LogP) is 2.74. The van der Waals surface area contributed by atoms with Crippen molar-refractivity contribution < 1.29 is 28.9 Å². The molecule has 0 radical (unpaired) electrons. The van der Waals surface area contributed by atoms with E-state index in [9.17, 15) is 9.59 Å². The van der Waals surface area contributed by atoms with Crippen LogP contribution in [0.3, 0.4) is 0 Å². The van der Waals surface area contributed by atoms with E-state index in [0.29, 0.717) is 26.1 Å².